The van der Waals surface area contributed by atoms with Crippen LogP contribution in [-0.2, 0) is 11.2 Å². The van der Waals surface area contributed by atoms with Crippen molar-refractivity contribution in [3.63, 3.8) is 0 Å². The summed E-state index contributed by atoms with van der Waals surface area (Å²) in [6.45, 7) is 12.7. The molecule has 3 aliphatic rings. The Hall–Kier alpha value is -2.91. The maximum absolute atomic E-state index is 12.9. The van der Waals surface area contributed by atoms with E-state index >= 15 is 0 Å². The molecule has 51 heavy (non-hydrogen) atoms. The summed E-state index contributed by atoms with van der Waals surface area (Å²) in [6.07, 6.45) is 16.9. The van der Waals surface area contributed by atoms with E-state index in [1.165, 1.54) is 5.57 Å². The highest BCUT2D eigenvalue weighted by Gasteiger charge is 2.68. The van der Waals surface area contributed by atoms with Gasteiger partial charge in [0.05, 0.1) is 17.8 Å². The van der Waals surface area contributed by atoms with Crippen LogP contribution in [0.4, 0.5) is 0 Å². The van der Waals surface area contributed by atoms with E-state index in [9.17, 15) is 25.2 Å². The lowest BCUT2D eigenvalue weighted by Gasteiger charge is -2.61. The number of aryl methyl sites for hydroxylation is 1. The van der Waals surface area contributed by atoms with E-state index in [1.54, 1.807) is 0 Å². The average molecular weight is 701 g/mol. The monoisotopic (exact) mass is 700 g/mol. The summed E-state index contributed by atoms with van der Waals surface area (Å²) in [5, 5.41) is 54.4. The maximum atomic E-state index is 12.9. The molecule has 1 aromatic carbocycles. The predicted molar refractivity (Wildman–Crippen MR) is 208 cm³/mol. The number of aliphatic hydroxyl groups excluding tert-OH is 3. The molecule has 8 unspecified atom stereocenters. The maximum Gasteiger partial charge on any atom is 0.145 e. The molecule has 4 rings (SSSR count). The minimum atomic E-state index is -1.23. The molecule has 1 aromatic rings. The van der Waals surface area contributed by atoms with Crippen LogP contribution in [0.5, 0.6) is 0 Å². The molecule has 6 N–H and O–H groups in total. The van der Waals surface area contributed by atoms with Crippen molar-refractivity contribution in [3.05, 3.63) is 107 Å². The first-order chi connectivity index (χ1) is 24.6. The number of aliphatic hydroxyl groups is 4. The van der Waals surface area contributed by atoms with Gasteiger partial charge in [0.2, 0.25) is 0 Å². The number of hydrogen-bond donors (Lipinski definition) is 6. The lowest BCUT2D eigenvalue weighted by Crippen LogP contribution is -2.65. The topological polar surface area (TPSA) is 122 Å². The zero-order valence-electron chi connectivity index (χ0n) is 31.5. The van der Waals surface area contributed by atoms with Crippen LogP contribution in [0, 0.1) is 29.1 Å². The first-order valence-corrected chi connectivity index (χ1v) is 19.2. The summed E-state index contributed by atoms with van der Waals surface area (Å²) in [5.74, 6) is -0.972. The highest BCUT2D eigenvalue weighted by Crippen LogP contribution is 2.67. The van der Waals surface area contributed by atoms with Crippen LogP contribution in [0.15, 0.2) is 101 Å². The fraction of sp³-hybridized carbons (Fsp3) is 0.568. The lowest BCUT2D eigenvalue weighted by molar-refractivity contribution is -0.194. The molecule has 2 bridgehead atoms. The van der Waals surface area contributed by atoms with Gasteiger partial charge in [0.1, 0.15) is 6.29 Å². The molecule has 0 heterocycles. The van der Waals surface area contributed by atoms with Gasteiger partial charge in [-0.25, -0.2) is 0 Å². The first-order valence-electron chi connectivity index (χ1n) is 19.2. The van der Waals surface area contributed by atoms with E-state index in [1.807, 2.05) is 50.4 Å². The molecule has 0 saturated heterocycles. The van der Waals surface area contributed by atoms with Crippen molar-refractivity contribution in [2.75, 3.05) is 33.3 Å². The quantitative estimate of drug-likeness (QED) is 0.0442. The van der Waals surface area contributed by atoms with Crippen molar-refractivity contribution in [1.29, 1.82) is 0 Å². The lowest BCUT2D eigenvalue weighted by atomic mass is 9.45. The van der Waals surface area contributed by atoms with Gasteiger partial charge in [-0.3, -0.25) is 4.79 Å². The Morgan fingerprint density at radius 3 is 2.63 bits per heavy atom. The van der Waals surface area contributed by atoms with Crippen LogP contribution in [0.3, 0.4) is 0 Å². The van der Waals surface area contributed by atoms with Crippen LogP contribution in [0.1, 0.15) is 77.7 Å². The second kappa shape index (κ2) is 19.2. The summed E-state index contributed by atoms with van der Waals surface area (Å²) in [4.78, 5) is 12.4. The molecule has 3 aliphatic carbocycles. The number of rotatable bonds is 19. The molecule has 280 valence electrons. The van der Waals surface area contributed by atoms with Crippen molar-refractivity contribution in [1.82, 2.24) is 10.6 Å². The first kappa shape index (κ1) is 40.9. The molecular weight excluding hydrogens is 636 g/mol. The van der Waals surface area contributed by atoms with E-state index in [0.29, 0.717) is 57.1 Å². The summed E-state index contributed by atoms with van der Waals surface area (Å²) >= 11 is 0. The van der Waals surface area contributed by atoms with Gasteiger partial charge in [0, 0.05) is 30.4 Å². The summed E-state index contributed by atoms with van der Waals surface area (Å²) < 4.78 is 0. The zero-order chi connectivity index (χ0) is 37.0. The van der Waals surface area contributed by atoms with E-state index in [4.69, 9.17) is 0 Å². The van der Waals surface area contributed by atoms with Gasteiger partial charge in [0.25, 0.3) is 0 Å². The third-order valence-corrected chi connectivity index (χ3v) is 12.0. The smallest absolute Gasteiger partial charge is 0.145 e. The molecule has 7 heteroatoms. The van der Waals surface area contributed by atoms with Crippen molar-refractivity contribution in [2.24, 2.45) is 29.1 Å². The molecule has 2 saturated carbocycles. The van der Waals surface area contributed by atoms with Gasteiger partial charge >= 0.3 is 0 Å². The molecule has 0 aromatic heterocycles. The molecular formula is C44H64N2O5. The number of carbonyl (C=O) groups excluding carboxylic acids is 1. The Morgan fingerprint density at radius 2 is 1.94 bits per heavy atom. The normalized spacial score (nSPS) is 31.0. The van der Waals surface area contributed by atoms with E-state index in [2.05, 4.69) is 61.4 Å². The number of hydrogen-bond acceptors (Lipinski definition) is 7. The zero-order valence-corrected chi connectivity index (χ0v) is 31.5. The SMILES string of the molecule is C=C(C=CC=C(C(O)CCc1ccccc1)C1CCC2(C1O)C1C(=C(C)C=O)C(C=CC1CCO)CC2(O)CCNC)CCC=C(C)CNCC. The van der Waals surface area contributed by atoms with E-state index < -0.39 is 29.1 Å². The second-order valence-electron chi connectivity index (χ2n) is 15.2. The largest absolute Gasteiger partial charge is 0.396 e. The van der Waals surface area contributed by atoms with Gasteiger partial charge in [0.15, 0.2) is 0 Å². The van der Waals surface area contributed by atoms with Crippen LogP contribution < -0.4 is 10.6 Å². The van der Waals surface area contributed by atoms with E-state index in [0.717, 1.165) is 54.5 Å². The van der Waals surface area contributed by atoms with Gasteiger partial charge < -0.3 is 31.1 Å². The van der Waals surface area contributed by atoms with Gasteiger partial charge in [-0.1, -0.05) is 97.0 Å². The van der Waals surface area contributed by atoms with Crippen LogP contribution in [-0.4, -0.2) is 77.8 Å². The van der Waals surface area contributed by atoms with Gasteiger partial charge in [-0.2, -0.15) is 0 Å². The number of likely N-dealkylation sites (N-methyl/N-ethyl adjacent to an activating group) is 1. The Morgan fingerprint density at radius 1 is 1.18 bits per heavy atom. The molecule has 7 nitrogen and oxygen atoms in total. The number of nitrogens with one attached hydrogen (secondary N) is 2. The number of aldehydes is 1. The minimum absolute atomic E-state index is 0.0306. The third kappa shape index (κ3) is 9.37. The average Bonchev–Trinajstić information content (AvgIpc) is 3.47. The fourth-order valence-electron chi connectivity index (χ4n) is 9.45. The third-order valence-electron chi connectivity index (χ3n) is 12.0. The van der Waals surface area contributed by atoms with Crippen molar-refractivity contribution in [2.45, 2.75) is 96.4 Å². The Bertz CT molecular complexity index is 1460. The van der Waals surface area contributed by atoms with Gasteiger partial charge in [-0.15, -0.1) is 0 Å². The van der Waals surface area contributed by atoms with Gasteiger partial charge in [-0.05, 0) is 120 Å². The molecule has 0 radical (unpaired) electrons. The molecule has 1 spiro atoms. The Labute approximate surface area is 307 Å². The highest BCUT2D eigenvalue weighted by atomic mass is 16.3. The summed E-state index contributed by atoms with van der Waals surface area (Å²) in [6, 6.07) is 10.1. The Kier molecular flexibility index (Phi) is 15.4. The standard InChI is InChI=1S/C44H64N2O5/c1-6-46-29-32(3)14-10-12-31(2)13-11-17-37(39(49)21-18-34-15-8-7-9-16-34)38-22-24-44(42(38)50)41-35(23-27-47)19-20-36(40(41)33(4)30-48)28-43(44,51)25-26-45-5/h7-9,11,13-17,19-20,30,35-36,38-39,41-42,45-47,49-51H,2,6,10,12,18,21-29H2,1,3-5H3. The van der Waals surface area contributed by atoms with Crippen molar-refractivity contribution in [3.8, 4) is 0 Å². The highest BCUT2D eigenvalue weighted by molar-refractivity contribution is 5.74. The molecule has 8 atom stereocenters. The van der Waals surface area contributed by atoms with Crippen LogP contribution in [0.2, 0.25) is 0 Å². The van der Waals surface area contributed by atoms with Crippen molar-refractivity contribution < 1.29 is 25.2 Å². The van der Waals surface area contributed by atoms with Crippen LogP contribution >= 0.6 is 0 Å². The minimum Gasteiger partial charge on any atom is -0.396 e. The number of carbonyl (C=O) groups is 1. The fourth-order valence-corrected chi connectivity index (χ4v) is 9.45. The van der Waals surface area contributed by atoms with Crippen LogP contribution in [0.25, 0.3) is 0 Å². The van der Waals surface area contributed by atoms with Crippen molar-refractivity contribution >= 4 is 6.29 Å². The number of benzene rings is 1. The molecule has 2 fully saturated rings. The molecule has 0 amide bonds. The van der Waals surface area contributed by atoms with E-state index in [-0.39, 0.29) is 24.4 Å². The molecule has 0 aliphatic heterocycles. The summed E-state index contributed by atoms with van der Waals surface area (Å²) in [5.41, 5.74) is 3.63. The second-order valence-corrected chi connectivity index (χ2v) is 15.2. The number of allylic oxidation sites excluding steroid dienone is 9. The number of fused-ring (bicyclic) bond motifs is 3. The summed E-state index contributed by atoms with van der Waals surface area (Å²) in [7, 11) is 1.87. The predicted octanol–water partition coefficient (Wildman–Crippen LogP) is 6.17. The Balaban J connectivity index is 1.72.